The highest BCUT2D eigenvalue weighted by molar-refractivity contribution is 5.80. The molecule has 19 heavy (non-hydrogen) atoms. The van der Waals surface area contributed by atoms with Crippen LogP contribution in [0.15, 0.2) is 18.2 Å². The van der Waals surface area contributed by atoms with Gasteiger partial charge in [-0.1, -0.05) is 6.07 Å². The first kappa shape index (κ1) is 15.4. The van der Waals surface area contributed by atoms with E-state index in [9.17, 15) is 14.3 Å². The van der Waals surface area contributed by atoms with E-state index in [0.29, 0.717) is 18.7 Å². The summed E-state index contributed by atoms with van der Waals surface area (Å²) in [6, 6.07) is 4.09. The SMILES string of the molecule is COCCNC(C)(C(=O)O)c1ccc(OC)c(F)c1. The van der Waals surface area contributed by atoms with Crippen LogP contribution in [0.2, 0.25) is 0 Å². The number of halogens is 1. The first-order valence-corrected chi connectivity index (χ1v) is 5.77. The van der Waals surface area contributed by atoms with E-state index in [4.69, 9.17) is 9.47 Å². The average Bonchev–Trinajstić information content (AvgIpc) is 2.38. The number of benzene rings is 1. The second-order valence-electron chi connectivity index (χ2n) is 4.20. The van der Waals surface area contributed by atoms with Gasteiger partial charge in [0.15, 0.2) is 11.6 Å². The first-order chi connectivity index (χ1) is 8.95. The normalized spacial score (nSPS) is 13.9. The molecule has 0 fully saturated rings. The van der Waals surface area contributed by atoms with E-state index in [2.05, 4.69) is 5.32 Å². The van der Waals surface area contributed by atoms with Crippen LogP contribution in [0.5, 0.6) is 5.75 Å². The van der Waals surface area contributed by atoms with E-state index in [-0.39, 0.29) is 5.75 Å². The summed E-state index contributed by atoms with van der Waals surface area (Å²) in [6.07, 6.45) is 0. The Bertz CT molecular complexity index is 452. The number of carbonyl (C=O) groups is 1. The molecule has 0 aliphatic heterocycles. The number of hydrogen-bond donors (Lipinski definition) is 2. The molecule has 0 saturated carbocycles. The molecular weight excluding hydrogens is 253 g/mol. The molecule has 0 aromatic heterocycles. The number of nitrogens with one attached hydrogen (secondary N) is 1. The Morgan fingerprint density at radius 3 is 2.63 bits per heavy atom. The Morgan fingerprint density at radius 2 is 2.16 bits per heavy atom. The third kappa shape index (κ3) is 3.42. The lowest BCUT2D eigenvalue weighted by atomic mass is 9.92. The van der Waals surface area contributed by atoms with Crippen molar-refractivity contribution >= 4 is 5.97 Å². The van der Waals surface area contributed by atoms with Crippen LogP contribution in [0, 0.1) is 5.82 Å². The van der Waals surface area contributed by atoms with Crippen LogP contribution in [0.4, 0.5) is 4.39 Å². The van der Waals surface area contributed by atoms with Crippen molar-refractivity contribution in [1.82, 2.24) is 5.32 Å². The summed E-state index contributed by atoms with van der Waals surface area (Å²) in [7, 11) is 2.87. The summed E-state index contributed by atoms with van der Waals surface area (Å²) in [6.45, 7) is 2.18. The smallest absolute Gasteiger partial charge is 0.328 e. The van der Waals surface area contributed by atoms with Gasteiger partial charge in [0, 0.05) is 13.7 Å². The lowest BCUT2D eigenvalue weighted by molar-refractivity contribution is -0.144. The maximum Gasteiger partial charge on any atom is 0.328 e. The number of methoxy groups -OCH3 is 2. The molecule has 1 atom stereocenters. The maximum absolute atomic E-state index is 13.7. The molecule has 0 saturated heterocycles. The van der Waals surface area contributed by atoms with Crippen LogP contribution < -0.4 is 10.1 Å². The van der Waals surface area contributed by atoms with Crippen LogP contribution in [0.3, 0.4) is 0 Å². The standard InChI is InChI=1S/C13H18FNO4/c1-13(12(16)17,15-6-7-18-2)9-4-5-11(19-3)10(14)8-9/h4-5,8,15H,6-7H2,1-3H3,(H,16,17). The van der Waals surface area contributed by atoms with Crippen LogP contribution >= 0.6 is 0 Å². The Hall–Kier alpha value is -1.66. The van der Waals surface area contributed by atoms with Crippen LogP contribution in [0.25, 0.3) is 0 Å². The summed E-state index contributed by atoms with van der Waals surface area (Å²) >= 11 is 0. The Labute approximate surface area is 111 Å². The fraction of sp³-hybridized carbons (Fsp3) is 0.462. The zero-order chi connectivity index (χ0) is 14.5. The second kappa shape index (κ2) is 6.49. The molecule has 0 bridgehead atoms. The minimum absolute atomic E-state index is 0.0772. The molecule has 6 heteroatoms. The molecule has 1 rings (SSSR count). The van der Waals surface area contributed by atoms with Crippen molar-refractivity contribution in [3.8, 4) is 5.75 Å². The number of carboxylic acid groups (broad SMARTS) is 1. The fourth-order valence-corrected chi connectivity index (χ4v) is 1.68. The first-order valence-electron chi connectivity index (χ1n) is 5.77. The number of carboxylic acids is 1. The largest absolute Gasteiger partial charge is 0.494 e. The predicted octanol–water partition coefficient (Wildman–Crippen LogP) is 1.37. The topological polar surface area (TPSA) is 67.8 Å². The summed E-state index contributed by atoms with van der Waals surface area (Å²) in [5.74, 6) is -1.61. The molecule has 2 N–H and O–H groups in total. The van der Waals surface area contributed by atoms with E-state index < -0.39 is 17.3 Å². The third-order valence-corrected chi connectivity index (χ3v) is 2.94. The molecule has 0 spiro atoms. The van der Waals surface area contributed by atoms with Gasteiger partial charge in [0.25, 0.3) is 0 Å². The van der Waals surface area contributed by atoms with E-state index in [1.807, 2.05) is 0 Å². The van der Waals surface area contributed by atoms with Gasteiger partial charge in [0.1, 0.15) is 5.54 Å². The molecule has 1 aromatic carbocycles. The molecule has 0 aliphatic rings. The van der Waals surface area contributed by atoms with Gasteiger partial charge in [-0.05, 0) is 24.6 Å². The molecule has 0 aliphatic carbocycles. The van der Waals surface area contributed by atoms with Gasteiger partial charge in [0.05, 0.1) is 13.7 Å². The van der Waals surface area contributed by atoms with Crippen molar-refractivity contribution in [2.24, 2.45) is 0 Å². The van der Waals surface area contributed by atoms with Crippen molar-refractivity contribution in [3.05, 3.63) is 29.6 Å². The van der Waals surface area contributed by atoms with Gasteiger partial charge in [-0.25, -0.2) is 9.18 Å². The van der Waals surface area contributed by atoms with E-state index in [0.717, 1.165) is 6.07 Å². The van der Waals surface area contributed by atoms with Crippen LogP contribution in [-0.2, 0) is 15.1 Å². The van der Waals surface area contributed by atoms with Gasteiger partial charge in [-0.15, -0.1) is 0 Å². The Kier molecular flexibility index (Phi) is 5.26. The summed E-state index contributed by atoms with van der Waals surface area (Å²) < 4.78 is 23.3. The number of aliphatic carboxylic acids is 1. The molecule has 0 radical (unpaired) electrons. The van der Waals surface area contributed by atoms with E-state index >= 15 is 0 Å². The van der Waals surface area contributed by atoms with Gasteiger partial charge in [-0.3, -0.25) is 5.32 Å². The molecule has 0 amide bonds. The van der Waals surface area contributed by atoms with Crippen molar-refractivity contribution < 1.29 is 23.8 Å². The second-order valence-corrected chi connectivity index (χ2v) is 4.20. The minimum Gasteiger partial charge on any atom is -0.494 e. The number of ether oxygens (including phenoxy) is 2. The molecular formula is C13H18FNO4. The molecule has 5 nitrogen and oxygen atoms in total. The third-order valence-electron chi connectivity index (χ3n) is 2.94. The molecule has 1 aromatic rings. The van der Waals surface area contributed by atoms with Crippen molar-refractivity contribution in [2.45, 2.75) is 12.5 Å². The van der Waals surface area contributed by atoms with Gasteiger partial charge < -0.3 is 14.6 Å². The predicted molar refractivity (Wildman–Crippen MR) is 67.8 cm³/mol. The minimum atomic E-state index is -1.38. The highest BCUT2D eigenvalue weighted by atomic mass is 19.1. The monoisotopic (exact) mass is 271 g/mol. The lowest BCUT2D eigenvalue weighted by Gasteiger charge is -2.27. The average molecular weight is 271 g/mol. The highest BCUT2D eigenvalue weighted by Gasteiger charge is 2.35. The van der Waals surface area contributed by atoms with Gasteiger partial charge in [0.2, 0.25) is 0 Å². The molecule has 0 heterocycles. The molecule has 106 valence electrons. The Balaban J connectivity index is 3.04. The number of rotatable bonds is 7. The highest BCUT2D eigenvalue weighted by Crippen LogP contribution is 2.26. The van der Waals surface area contributed by atoms with Crippen LogP contribution in [-0.4, -0.2) is 38.4 Å². The summed E-state index contributed by atoms with van der Waals surface area (Å²) in [5.41, 5.74) is -1.07. The lowest BCUT2D eigenvalue weighted by Crippen LogP contribution is -2.47. The Morgan fingerprint density at radius 1 is 1.47 bits per heavy atom. The summed E-state index contributed by atoms with van der Waals surface area (Å²) in [4.78, 5) is 11.4. The fourth-order valence-electron chi connectivity index (χ4n) is 1.68. The van der Waals surface area contributed by atoms with Crippen LogP contribution in [0.1, 0.15) is 12.5 Å². The zero-order valence-corrected chi connectivity index (χ0v) is 11.2. The van der Waals surface area contributed by atoms with Crippen molar-refractivity contribution in [3.63, 3.8) is 0 Å². The quantitative estimate of drug-likeness (QED) is 0.733. The van der Waals surface area contributed by atoms with Gasteiger partial charge in [-0.2, -0.15) is 0 Å². The van der Waals surface area contributed by atoms with Gasteiger partial charge >= 0.3 is 5.97 Å². The zero-order valence-electron chi connectivity index (χ0n) is 11.2. The van der Waals surface area contributed by atoms with E-state index in [1.165, 1.54) is 33.3 Å². The molecule has 1 unspecified atom stereocenters. The maximum atomic E-state index is 13.7. The van der Waals surface area contributed by atoms with E-state index in [1.54, 1.807) is 0 Å². The van der Waals surface area contributed by atoms with Crippen molar-refractivity contribution in [2.75, 3.05) is 27.4 Å². The number of hydrogen-bond acceptors (Lipinski definition) is 4. The summed E-state index contributed by atoms with van der Waals surface area (Å²) in [5, 5.41) is 12.2. The van der Waals surface area contributed by atoms with Crippen molar-refractivity contribution in [1.29, 1.82) is 0 Å².